The molecule has 94 valence electrons. The van der Waals surface area contributed by atoms with Crippen molar-refractivity contribution in [2.24, 2.45) is 11.5 Å². The molecular weight excluding hydrogens is 204 g/mol. The van der Waals surface area contributed by atoms with Crippen LogP contribution < -0.4 is 22.1 Å². The zero-order valence-corrected chi connectivity index (χ0v) is 10.2. The zero-order valence-electron chi connectivity index (χ0n) is 10.2. The first-order valence-corrected chi connectivity index (χ1v) is 5.53. The van der Waals surface area contributed by atoms with E-state index >= 15 is 0 Å². The summed E-state index contributed by atoms with van der Waals surface area (Å²) in [5.74, 6) is -0.144. The van der Waals surface area contributed by atoms with Crippen molar-refractivity contribution in [3.05, 3.63) is 0 Å². The van der Waals surface area contributed by atoms with Crippen molar-refractivity contribution in [1.82, 2.24) is 10.6 Å². The van der Waals surface area contributed by atoms with Crippen LogP contribution in [0.25, 0.3) is 0 Å². The van der Waals surface area contributed by atoms with Gasteiger partial charge in [0.05, 0.1) is 0 Å². The molecule has 0 aliphatic carbocycles. The SMILES string of the molecule is CC(C)(N)CCCCCNC(=N)NC(=N)N. The molecule has 0 atom stereocenters. The van der Waals surface area contributed by atoms with E-state index in [1.807, 2.05) is 13.8 Å². The second-order valence-corrected chi connectivity index (χ2v) is 4.64. The minimum atomic E-state index is -0.220. The van der Waals surface area contributed by atoms with Gasteiger partial charge < -0.3 is 16.8 Å². The molecule has 6 nitrogen and oxygen atoms in total. The Morgan fingerprint density at radius 2 is 1.81 bits per heavy atom. The zero-order chi connectivity index (χ0) is 12.6. The third-order valence-electron chi connectivity index (χ3n) is 2.06. The standard InChI is InChI=1S/C10H24N6/c1-10(2,14)6-4-3-5-7-15-9(13)16-8(11)12/h3-7,14H2,1-2H3,(H6,11,12,13,15,16). The fourth-order valence-electron chi connectivity index (χ4n) is 1.27. The molecule has 0 fully saturated rings. The van der Waals surface area contributed by atoms with Crippen LogP contribution in [0.4, 0.5) is 0 Å². The Bertz CT molecular complexity index is 230. The Kier molecular flexibility index (Phi) is 6.48. The molecule has 16 heavy (non-hydrogen) atoms. The lowest BCUT2D eigenvalue weighted by Crippen LogP contribution is -2.43. The highest BCUT2D eigenvalue weighted by atomic mass is 15.2. The lowest BCUT2D eigenvalue weighted by Gasteiger charge is -2.17. The molecule has 0 heterocycles. The third-order valence-corrected chi connectivity index (χ3v) is 2.06. The van der Waals surface area contributed by atoms with Crippen LogP contribution in [0, 0.1) is 10.8 Å². The van der Waals surface area contributed by atoms with Crippen molar-refractivity contribution >= 4 is 11.9 Å². The summed E-state index contributed by atoms with van der Waals surface area (Å²) in [6.07, 6.45) is 4.17. The first-order valence-electron chi connectivity index (χ1n) is 5.53. The van der Waals surface area contributed by atoms with E-state index in [1.54, 1.807) is 0 Å². The number of nitrogens with one attached hydrogen (secondary N) is 4. The fourth-order valence-corrected chi connectivity index (χ4v) is 1.27. The molecule has 0 unspecified atom stereocenters. The summed E-state index contributed by atoms with van der Waals surface area (Å²) >= 11 is 0. The van der Waals surface area contributed by atoms with Crippen molar-refractivity contribution in [2.75, 3.05) is 6.54 Å². The predicted octanol–water partition coefficient (Wildman–Crippen LogP) is 0.292. The highest BCUT2D eigenvalue weighted by Crippen LogP contribution is 2.09. The molecule has 0 aliphatic heterocycles. The van der Waals surface area contributed by atoms with Gasteiger partial charge in [0.15, 0.2) is 11.9 Å². The van der Waals surface area contributed by atoms with Gasteiger partial charge in [-0.3, -0.25) is 16.1 Å². The number of guanidine groups is 2. The molecule has 0 aromatic rings. The first kappa shape index (κ1) is 14.7. The van der Waals surface area contributed by atoms with Gasteiger partial charge in [-0.25, -0.2) is 0 Å². The van der Waals surface area contributed by atoms with Crippen molar-refractivity contribution < 1.29 is 0 Å². The van der Waals surface area contributed by atoms with Crippen molar-refractivity contribution in [2.45, 2.75) is 45.1 Å². The Balaban J connectivity index is 3.34. The quantitative estimate of drug-likeness (QED) is 0.222. The number of rotatable bonds is 6. The van der Waals surface area contributed by atoms with Gasteiger partial charge in [0, 0.05) is 12.1 Å². The molecule has 0 spiro atoms. The topological polar surface area (TPSA) is 124 Å². The summed E-state index contributed by atoms with van der Waals surface area (Å²) in [6, 6.07) is 0. The summed E-state index contributed by atoms with van der Waals surface area (Å²) in [4.78, 5) is 0. The number of hydrogen-bond acceptors (Lipinski definition) is 3. The number of unbranched alkanes of at least 4 members (excludes halogenated alkanes) is 2. The van der Waals surface area contributed by atoms with Crippen LogP contribution in [0.15, 0.2) is 0 Å². The Morgan fingerprint density at radius 3 is 2.31 bits per heavy atom. The molecule has 0 saturated carbocycles. The maximum atomic E-state index is 7.34. The molecule has 0 aromatic carbocycles. The third kappa shape index (κ3) is 10.8. The van der Waals surface area contributed by atoms with Crippen molar-refractivity contribution in [3.8, 4) is 0 Å². The first-order chi connectivity index (χ1) is 7.31. The molecule has 0 aromatic heterocycles. The van der Waals surface area contributed by atoms with Crippen LogP contribution in [0.5, 0.6) is 0 Å². The van der Waals surface area contributed by atoms with Crippen LogP contribution in [-0.2, 0) is 0 Å². The summed E-state index contributed by atoms with van der Waals surface area (Å²) in [5.41, 5.74) is 10.8. The second kappa shape index (κ2) is 7.05. The molecule has 0 rings (SSSR count). The second-order valence-electron chi connectivity index (χ2n) is 4.64. The van der Waals surface area contributed by atoms with Gasteiger partial charge >= 0.3 is 0 Å². The van der Waals surface area contributed by atoms with Crippen LogP contribution in [-0.4, -0.2) is 24.0 Å². The maximum Gasteiger partial charge on any atom is 0.195 e. The van der Waals surface area contributed by atoms with Gasteiger partial charge in [0.2, 0.25) is 0 Å². The van der Waals surface area contributed by atoms with Crippen LogP contribution in [0.2, 0.25) is 0 Å². The van der Waals surface area contributed by atoms with Crippen molar-refractivity contribution in [1.29, 1.82) is 10.8 Å². The highest BCUT2D eigenvalue weighted by molar-refractivity contribution is 5.94. The number of hydrogen-bond donors (Lipinski definition) is 6. The highest BCUT2D eigenvalue weighted by Gasteiger charge is 2.08. The summed E-state index contributed by atoms with van der Waals surface area (Å²) in [7, 11) is 0. The van der Waals surface area contributed by atoms with Crippen LogP contribution in [0.1, 0.15) is 39.5 Å². The molecular formula is C10H24N6. The Hall–Kier alpha value is -1.30. The monoisotopic (exact) mass is 228 g/mol. The lowest BCUT2D eigenvalue weighted by molar-refractivity contribution is 0.445. The van der Waals surface area contributed by atoms with E-state index in [-0.39, 0.29) is 17.5 Å². The molecule has 8 N–H and O–H groups in total. The summed E-state index contributed by atoms with van der Waals surface area (Å²) in [5, 5.41) is 19.5. The number of nitrogens with two attached hydrogens (primary N) is 2. The molecule has 0 saturated heterocycles. The van der Waals surface area contributed by atoms with E-state index in [0.717, 1.165) is 25.7 Å². The predicted molar refractivity (Wildman–Crippen MR) is 67.5 cm³/mol. The van der Waals surface area contributed by atoms with Gasteiger partial charge in [-0.2, -0.15) is 0 Å². The fraction of sp³-hybridized carbons (Fsp3) is 0.800. The Morgan fingerprint density at radius 1 is 1.19 bits per heavy atom. The molecule has 0 bridgehead atoms. The van der Waals surface area contributed by atoms with Crippen LogP contribution >= 0.6 is 0 Å². The van der Waals surface area contributed by atoms with E-state index in [0.29, 0.717) is 6.54 Å². The van der Waals surface area contributed by atoms with Gasteiger partial charge in [0.25, 0.3) is 0 Å². The maximum absolute atomic E-state index is 7.34. The van der Waals surface area contributed by atoms with Crippen LogP contribution in [0.3, 0.4) is 0 Å². The van der Waals surface area contributed by atoms with E-state index in [9.17, 15) is 0 Å². The lowest BCUT2D eigenvalue weighted by atomic mass is 9.98. The Labute approximate surface area is 97.2 Å². The van der Waals surface area contributed by atoms with Gasteiger partial charge in [-0.05, 0) is 26.7 Å². The normalized spacial score (nSPS) is 10.9. The summed E-state index contributed by atoms with van der Waals surface area (Å²) in [6.45, 7) is 4.76. The average molecular weight is 228 g/mol. The summed E-state index contributed by atoms with van der Waals surface area (Å²) < 4.78 is 0. The minimum absolute atomic E-state index is 0.0756. The average Bonchev–Trinajstić information content (AvgIpc) is 2.07. The van der Waals surface area contributed by atoms with Gasteiger partial charge in [-0.15, -0.1) is 0 Å². The van der Waals surface area contributed by atoms with E-state index < -0.39 is 0 Å². The molecule has 0 amide bonds. The largest absolute Gasteiger partial charge is 0.370 e. The van der Waals surface area contributed by atoms with Gasteiger partial charge in [-0.1, -0.05) is 12.8 Å². The molecule has 0 aliphatic rings. The minimum Gasteiger partial charge on any atom is -0.370 e. The molecule has 0 radical (unpaired) electrons. The van der Waals surface area contributed by atoms with E-state index in [4.69, 9.17) is 22.3 Å². The smallest absolute Gasteiger partial charge is 0.195 e. The van der Waals surface area contributed by atoms with Crippen molar-refractivity contribution in [3.63, 3.8) is 0 Å². The van der Waals surface area contributed by atoms with E-state index in [1.165, 1.54) is 0 Å². The van der Waals surface area contributed by atoms with Gasteiger partial charge in [0.1, 0.15) is 0 Å². The van der Waals surface area contributed by atoms with E-state index in [2.05, 4.69) is 10.6 Å². The molecule has 6 heteroatoms.